The molecule has 1 saturated carbocycles. The molecular formula is C14H29NO. The van der Waals surface area contributed by atoms with Crippen molar-refractivity contribution in [1.82, 2.24) is 5.32 Å². The van der Waals surface area contributed by atoms with Crippen molar-refractivity contribution in [2.24, 2.45) is 17.8 Å². The summed E-state index contributed by atoms with van der Waals surface area (Å²) < 4.78 is 5.69. The van der Waals surface area contributed by atoms with Gasteiger partial charge in [-0.3, -0.25) is 0 Å². The van der Waals surface area contributed by atoms with E-state index in [1.807, 2.05) is 7.11 Å². The van der Waals surface area contributed by atoms with E-state index in [-0.39, 0.29) is 0 Å². The molecule has 0 aromatic rings. The maximum atomic E-state index is 5.69. The number of ether oxygens (including phenoxy) is 1. The van der Waals surface area contributed by atoms with E-state index in [1.165, 1.54) is 25.7 Å². The number of methoxy groups -OCH3 is 1. The molecule has 1 N–H and O–H groups in total. The van der Waals surface area contributed by atoms with Crippen molar-refractivity contribution in [3.8, 4) is 0 Å². The lowest BCUT2D eigenvalue weighted by molar-refractivity contribution is 0.00743. The van der Waals surface area contributed by atoms with Crippen LogP contribution in [0.3, 0.4) is 0 Å². The molecule has 0 radical (unpaired) electrons. The smallest absolute Gasteiger partial charge is 0.0749 e. The van der Waals surface area contributed by atoms with Gasteiger partial charge in [0.2, 0.25) is 0 Å². The number of hydrogen-bond donors (Lipinski definition) is 1. The van der Waals surface area contributed by atoms with Gasteiger partial charge in [-0.1, -0.05) is 33.6 Å². The Kier molecular flexibility index (Phi) is 5.77. The van der Waals surface area contributed by atoms with Gasteiger partial charge in [0.05, 0.1) is 6.10 Å². The summed E-state index contributed by atoms with van der Waals surface area (Å²) in [4.78, 5) is 0. The van der Waals surface area contributed by atoms with E-state index in [4.69, 9.17) is 4.74 Å². The van der Waals surface area contributed by atoms with E-state index in [2.05, 4.69) is 33.1 Å². The molecule has 0 aliphatic heterocycles. The van der Waals surface area contributed by atoms with E-state index < -0.39 is 0 Å². The molecule has 4 atom stereocenters. The van der Waals surface area contributed by atoms with E-state index in [0.29, 0.717) is 18.1 Å². The fraction of sp³-hybridized carbons (Fsp3) is 1.00. The molecule has 0 heterocycles. The highest BCUT2D eigenvalue weighted by Gasteiger charge is 2.32. The lowest BCUT2D eigenvalue weighted by atomic mass is 9.75. The molecule has 1 fully saturated rings. The summed E-state index contributed by atoms with van der Waals surface area (Å²) in [6.07, 6.45) is 5.87. The second kappa shape index (κ2) is 6.61. The molecule has 0 aromatic heterocycles. The second-order valence-corrected chi connectivity index (χ2v) is 5.79. The normalized spacial score (nSPS) is 30.4. The SMILES string of the molecule is CNC(C1CCCC(C)C1)C(OC)C(C)C. The number of likely N-dealkylation sites (N-methyl/N-ethyl adjacent to an activating group) is 1. The van der Waals surface area contributed by atoms with Gasteiger partial charge in [-0.15, -0.1) is 0 Å². The minimum Gasteiger partial charge on any atom is -0.380 e. The van der Waals surface area contributed by atoms with Crippen molar-refractivity contribution in [2.45, 2.75) is 58.6 Å². The van der Waals surface area contributed by atoms with Crippen LogP contribution >= 0.6 is 0 Å². The van der Waals surface area contributed by atoms with Crippen LogP contribution in [0, 0.1) is 17.8 Å². The first-order valence-corrected chi connectivity index (χ1v) is 6.80. The first-order valence-electron chi connectivity index (χ1n) is 6.80. The molecule has 1 aliphatic rings. The predicted molar refractivity (Wildman–Crippen MR) is 69.6 cm³/mol. The van der Waals surface area contributed by atoms with Crippen LogP contribution in [-0.2, 0) is 4.74 Å². The van der Waals surface area contributed by atoms with Crippen LogP contribution < -0.4 is 5.32 Å². The van der Waals surface area contributed by atoms with Gasteiger partial charge in [-0.25, -0.2) is 0 Å². The summed E-state index contributed by atoms with van der Waals surface area (Å²) in [5.41, 5.74) is 0. The Morgan fingerprint density at radius 2 is 1.94 bits per heavy atom. The molecule has 1 rings (SSSR count). The molecule has 1 aliphatic carbocycles. The minimum atomic E-state index is 0.347. The van der Waals surface area contributed by atoms with E-state index in [9.17, 15) is 0 Å². The number of rotatable bonds is 5. The maximum Gasteiger partial charge on any atom is 0.0749 e. The van der Waals surface area contributed by atoms with Gasteiger partial charge in [0.1, 0.15) is 0 Å². The highest BCUT2D eigenvalue weighted by atomic mass is 16.5. The summed E-state index contributed by atoms with van der Waals surface area (Å²) in [5.74, 6) is 2.26. The number of hydrogen-bond acceptors (Lipinski definition) is 2. The zero-order valence-corrected chi connectivity index (χ0v) is 11.6. The van der Waals surface area contributed by atoms with Gasteiger partial charge in [0, 0.05) is 13.2 Å². The van der Waals surface area contributed by atoms with Crippen LogP contribution in [0.25, 0.3) is 0 Å². The fourth-order valence-corrected chi connectivity index (χ4v) is 3.31. The largest absolute Gasteiger partial charge is 0.380 e. The summed E-state index contributed by atoms with van der Waals surface area (Å²) in [6.45, 7) is 6.89. The van der Waals surface area contributed by atoms with Crippen molar-refractivity contribution >= 4 is 0 Å². The molecule has 2 heteroatoms. The van der Waals surface area contributed by atoms with Crippen LogP contribution in [0.2, 0.25) is 0 Å². The van der Waals surface area contributed by atoms with Crippen molar-refractivity contribution < 1.29 is 4.74 Å². The zero-order valence-electron chi connectivity index (χ0n) is 11.6. The lowest BCUT2D eigenvalue weighted by Gasteiger charge is -2.38. The van der Waals surface area contributed by atoms with Crippen LogP contribution in [0.5, 0.6) is 0 Å². The van der Waals surface area contributed by atoms with Gasteiger partial charge in [0.15, 0.2) is 0 Å². The van der Waals surface area contributed by atoms with Gasteiger partial charge >= 0.3 is 0 Å². The van der Waals surface area contributed by atoms with Gasteiger partial charge in [-0.2, -0.15) is 0 Å². The number of nitrogens with one attached hydrogen (secondary N) is 1. The van der Waals surface area contributed by atoms with Crippen molar-refractivity contribution in [2.75, 3.05) is 14.2 Å². The van der Waals surface area contributed by atoms with Crippen molar-refractivity contribution in [3.63, 3.8) is 0 Å². The first-order chi connectivity index (χ1) is 7.60. The molecular weight excluding hydrogens is 198 g/mol. The van der Waals surface area contributed by atoms with Crippen LogP contribution in [-0.4, -0.2) is 26.3 Å². The molecule has 96 valence electrons. The zero-order chi connectivity index (χ0) is 12.1. The third-order valence-electron chi connectivity index (χ3n) is 4.10. The highest BCUT2D eigenvalue weighted by molar-refractivity contribution is 4.87. The Morgan fingerprint density at radius 3 is 2.38 bits per heavy atom. The topological polar surface area (TPSA) is 21.3 Å². The average Bonchev–Trinajstić information content (AvgIpc) is 2.25. The van der Waals surface area contributed by atoms with E-state index >= 15 is 0 Å². The molecule has 4 unspecified atom stereocenters. The Balaban J connectivity index is 2.64. The maximum absolute atomic E-state index is 5.69. The molecule has 0 amide bonds. The highest BCUT2D eigenvalue weighted by Crippen LogP contribution is 2.33. The Hall–Kier alpha value is -0.0800. The van der Waals surface area contributed by atoms with E-state index in [1.54, 1.807) is 0 Å². The van der Waals surface area contributed by atoms with Gasteiger partial charge in [0.25, 0.3) is 0 Å². The quantitative estimate of drug-likeness (QED) is 0.779. The van der Waals surface area contributed by atoms with Crippen LogP contribution in [0.1, 0.15) is 46.5 Å². The molecule has 0 aromatic carbocycles. The molecule has 0 saturated heterocycles. The summed E-state index contributed by atoms with van der Waals surface area (Å²) in [5, 5.41) is 3.50. The average molecular weight is 227 g/mol. The molecule has 0 bridgehead atoms. The molecule has 2 nitrogen and oxygen atoms in total. The molecule has 0 spiro atoms. The monoisotopic (exact) mass is 227 g/mol. The summed E-state index contributed by atoms with van der Waals surface area (Å²) in [6, 6.07) is 0.521. The first kappa shape index (κ1) is 14.0. The Labute approximate surface area is 101 Å². The van der Waals surface area contributed by atoms with Crippen molar-refractivity contribution in [3.05, 3.63) is 0 Å². The fourth-order valence-electron chi connectivity index (χ4n) is 3.31. The molecule has 16 heavy (non-hydrogen) atoms. The van der Waals surface area contributed by atoms with E-state index in [0.717, 1.165) is 11.8 Å². The standard InChI is InChI=1S/C14H29NO/c1-10(2)14(16-5)13(15-4)12-8-6-7-11(3)9-12/h10-15H,6-9H2,1-5H3. The third kappa shape index (κ3) is 3.46. The Bertz CT molecular complexity index is 193. The minimum absolute atomic E-state index is 0.347. The third-order valence-corrected chi connectivity index (χ3v) is 4.10. The lowest BCUT2D eigenvalue weighted by Crippen LogP contribution is -2.48. The van der Waals surface area contributed by atoms with Crippen LogP contribution in [0.4, 0.5) is 0 Å². The summed E-state index contributed by atoms with van der Waals surface area (Å²) >= 11 is 0. The Morgan fingerprint density at radius 1 is 1.25 bits per heavy atom. The predicted octanol–water partition coefficient (Wildman–Crippen LogP) is 3.07. The van der Waals surface area contributed by atoms with Gasteiger partial charge < -0.3 is 10.1 Å². The van der Waals surface area contributed by atoms with Crippen LogP contribution in [0.15, 0.2) is 0 Å². The van der Waals surface area contributed by atoms with Gasteiger partial charge in [-0.05, 0) is 37.6 Å². The second-order valence-electron chi connectivity index (χ2n) is 5.79. The van der Waals surface area contributed by atoms with Crippen molar-refractivity contribution in [1.29, 1.82) is 0 Å². The summed E-state index contributed by atoms with van der Waals surface area (Å²) in [7, 11) is 3.93.